The third-order valence-electron chi connectivity index (χ3n) is 1.69. The Morgan fingerprint density at radius 1 is 1.73 bits per heavy atom. The number of methoxy groups -OCH3 is 1. The van der Waals surface area contributed by atoms with Crippen LogP contribution >= 0.6 is 27.3 Å². The molecule has 0 aliphatic rings. The Morgan fingerprint density at radius 3 is 3.00 bits per heavy atom. The zero-order chi connectivity index (χ0) is 11.3. The fraction of sp³-hybridized carbons (Fsp3) is 0.300. The van der Waals surface area contributed by atoms with Crippen LogP contribution in [0.4, 0.5) is 0 Å². The second-order valence-corrected chi connectivity index (χ2v) is 4.90. The summed E-state index contributed by atoms with van der Waals surface area (Å²) in [5, 5.41) is 2.03. The van der Waals surface area contributed by atoms with Crippen molar-refractivity contribution < 1.29 is 9.53 Å². The molecular weight excluding hydrogens is 278 g/mol. The number of hydrogen-bond acceptors (Lipinski definition) is 4. The molecule has 0 N–H and O–H groups in total. The molecule has 0 fully saturated rings. The normalized spacial score (nSPS) is 10.6. The van der Waals surface area contributed by atoms with E-state index in [0.717, 1.165) is 11.0 Å². The molecule has 0 aliphatic carbocycles. The monoisotopic (exact) mass is 289 g/mol. The average Bonchev–Trinajstić information content (AvgIpc) is 2.60. The minimum Gasteiger partial charge on any atom is -0.466 e. The third-order valence-corrected chi connectivity index (χ3v) is 3.38. The van der Waals surface area contributed by atoms with Crippen LogP contribution in [0.1, 0.15) is 4.88 Å². The molecule has 15 heavy (non-hydrogen) atoms. The number of esters is 1. The molecule has 1 heterocycles. The molecule has 0 unspecified atom stereocenters. The largest absolute Gasteiger partial charge is 0.466 e. The number of thiophene rings is 1. The Bertz CT molecular complexity index is 362. The highest BCUT2D eigenvalue weighted by atomic mass is 79.9. The summed E-state index contributed by atoms with van der Waals surface area (Å²) in [6.45, 7) is 0.782. The Hall–Kier alpha value is -0.810. The zero-order valence-corrected chi connectivity index (χ0v) is 11.0. The van der Waals surface area contributed by atoms with Crippen molar-refractivity contribution in [2.75, 3.05) is 14.2 Å². The molecule has 0 saturated carbocycles. The Kier molecular flexibility index (Phi) is 4.84. The summed E-state index contributed by atoms with van der Waals surface area (Å²) in [5.41, 5.74) is 0. The van der Waals surface area contributed by atoms with Crippen molar-refractivity contribution in [1.82, 2.24) is 4.90 Å². The summed E-state index contributed by atoms with van der Waals surface area (Å²) < 4.78 is 5.59. The number of carbonyl (C=O) groups is 1. The van der Waals surface area contributed by atoms with Gasteiger partial charge in [0.05, 0.1) is 13.7 Å². The van der Waals surface area contributed by atoms with Crippen molar-refractivity contribution >= 4 is 33.2 Å². The highest BCUT2D eigenvalue weighted by Crippen LogP contribution is 2.20. The van der Waals surface area contributed by atoms with E-state index in [1.165, 1.54) is 18.1 Å². The fourth-order valence-corrected chi connectivity index (χ4v) is 2.50. The van der Waals surface area contributed by atoms with Crippen molar-refractivity contribution in [3.63, 3.8) is 0 Å². The summed E-state index contributed by atoms with van der Waals surface area (Å²) in [7, 11) is 3.27. The lowest BCUT2D eigenvalue weighted by Crippen LogP contribution is -2.10. The highest BCUT2D eigenvalue weighted by Gasteiger charge is 2.00. The van der Waals surface area contributed by atoms with Crippen LogP contribution in [0, 0.1) is 0 Å². The number of carbonyl (C=O) groups excluding carboxylic acids is 1. The van der Waals surface area contributed by atoms with Crippen LogP contribution < -0.4 is 0 Å². The first-order valence-corrected chi connectivity index (χ1v) is 5.98. The summed E-state index contributed by atoms with van der Waals surface area (Å²) in [6.07, 6.45) is 3.11. The van der Waals surface area contributed by atoms with E-state index in [1.807, 2.05) is 17.3 Å². The van der Waals surface area contributed by atoms with Gasteiger partial charge in [0.1, 0.15) is 0 Å². The van der Waals surface area contributed by atoms with Gasteiger partial charge in [-0.05, 0) is 22.0 Å². The molecule has 82 valence electrons. The van der Waals surface area contributed by atoms with Gasteiger partial charge in [0.2, 0.25) is 0 Å². The van der Waals surface area contributed by atoms with Crippen LogP contribution in [0.3, 0.4) is 0 Å². The van der Waals surface area contributed by atoms with E-state index in [9.17, 15) is 4.79 Å². The predicted octanol–water partition coefficient (Wildman–Crippen LogP) is 2.63. The van der Waals surface area contributed by atoms with Crippen molar-refractivity contribution in [2.24, 2.45) is 0 Å². The smallest absolute Gasteiger partial charge is 0.331 e. The second kappa shape index (κ2) is 5.92. The molecule has 0 spiro atoms. The maximum Gasteiger partial charge on any atom is 0.331 e. The van der Waals surface area contributed by atoms with Crippen LogP contribution in [0.15, 0.2) is 28.2 Å². The highest BCUT2D eigenvalue weighted by molar-refractivity contribution is 9.10. The van der Waals surface area contributed by atoms with Gasteiger partial charge < -0.3 is 9.64 Å². The van der Waals surface area contributed by atoms with Gasteiger partial charge in [0, 0.05) is 34.1 Å². The second-order valence-electron chi connectivity index (χ2n) is 2.99. The molecule has 0 radical (unpaired) electrons. The van der Waals surface area contributed by atoms with Gasteiger partial charge in [-0.25, -0.2) is 4.79 Å². The number of hydrogen-bond donors (Lipinski definition) is 0. The molecule has 0 atom stereocenters. The molecule has 1 aromatic heterocycles. The van der Waals surface area contributed by atoms with Crippen molar-refractivity contribution in [3.05, 3.63) is 33.1 Å². The molecule has 3 nitrogen and oxygen atoms in total. The van der Waals surface area contributed by atoms with Gasteiger partial charge in [-0.15, -0.1) is 11.3 Å². The number of ether oxygens (including phenoxy) is 1. The van der Waals surface area contributed by atoms with Gasteiger partial charge in [-0.2, -0.15) is 0 Å². The molecule has 1 rings (SSSR count). The van der Waals surface area contributed by atoms with Gasteiger partial charge in [0.25, 0.3) is 0 Å². The maximum absolute atomic E-state index is 10.8. The maximum atomic E-state index is 10.8. The van der Waals surface area contributed by atoms with Gasteiger partial charge in [0.15, 0.2) is 0 Å². The summed E-state index contributed by atoms with van der Waals surface area (Å²) in [6, 6.07) is 2.06. The molecule has 0 aromatic carbocycles. The van der Waals surface area contributed by atoms with Gasteiger partial charge in [-0.1, -0.05) is 0 Å². The van der Waals surface area contributed by atoms with Crippen LogP contribution in [0.5, 0.6) is 0 Å². The van der Waals surface area contributed by atoms with Crippen molar-refractivity contribution in [1.29, 1.82) is 0 Å². The van der Waals surface area contributed by atoms with Crippen LogP contribution in [0.2, 0.25) is 0 Å². The average molecular weight is 290 g/mol. The summed E-state index contributed by atoms with van der Waals surface area (Å²) in [4.78, 5) is 14.0. The Balaban J connectivity index is 2.45. The summed E-state index contributed by atoms with van der Waals surface area (Å²) in [5.74, 6) is -0.339. The van der Waals surface area contributed by atoms with E-state index in [0.29, 0.717) is 0 Å². The lowest BCUT2D eigenvalue weighted by Gasteiger charge is -2.11. The first kappa shape index (κ1) is 12.3. The lowest BCUT2D eigenvalue weighted by molar-refractivity contribution is -0.134. The minimum atomic E-state index is -0.339. The topological polar surface area (TPSA) is 29.5 Å². The SMILES string of the molecule is COC(=O)C=CN(C)Cc1cc(Br)cs1. The zero-order valence-electron chi connectivity index (χ0n) is 8.57. The van der Waals surface area contributed by atoms with E-state index in [2.05, 4.69) is 26.7 Å². The number of nitrogens with zero attached hydrogens (tertiary/aromatic N) is 1. The molecular formula is C10H12BrNO2S. The van der Waals surface area contributed by atoms with Crippen LogP contribution in [-0.2, 0) is 16.1 Å². The molecule has 0 bridgehead atoms. The lowest BCUT2D eigenvalue weighted by atomic mass is 10.4. The van der Waals surface area contributed by atoms with E-state index in [4.69, 9.17) is 0 Å². The minimum absolute atomic E-state index is 0.339. The Morgan fingerprint density at radius 2 is 2.47 bits per heavy atom. The van der Waals surface area contributed by atoms with Crippen molar-refractivity contribution in [3.8, 4) is 0 Å². The molecule has 1 aromatic rings. The summed E-state index contributed by atoms with van der Waals surface area (Å²) >= 11 is 5.07. The third kappa shape index (κ3) is 4.48. The predicted molar refractivity (Wildman–Crippen MR) is 64.6 cm³/mol. The van der Waals surface area contributed by atoms with E-state index < -0.39 is 0 Å². The van der Waals surface area contributed by atoms with E-state index in [1.54, 1.807) is 17.5 Å². The molecule has 0 aliphatic heterocycles. The molecule has 0 saturated heterocycles. The fourth-order valence-electron chi connectivity index (χ4n) is 0.991. The first-order chi connectivity index (χ1) is 7.11. The van der Waals surface area contributed by atoms with Crippen LogP contribution in [0.25, 0.3) is 0 Å². The van der Waals surface area contributed by atoms with Gasteiger partial charge >= 0.3 is 5.97 Å². The van der Waals surface area contributed by atoms with Crippen molar-refractivity contribution in [2.45, 2.75) is 6.54 Å². The van der Waals surface area contributed by atoms with Crippen LogP contribution in [-0.4, -0.2) is 25.0 Å². The van der Waals surface area contributed by atoms with E-state index >= 15 is 0 Å². The standard InChI is InChI=1S/C10H12BrNO2S/c1-12(4-3-10(13)14-2)6-9-5-8(11)7-15-9/h3-5,7H,6H2,1-2H3. The first-order valence-electron chi connectivity index (χ1n) is 4.31. The molecule has 5 heteroatoms. The quantitative estimate of drug-likeness (QED) is 0.630. The van der Waals surface area contributed by atoms with E-state index in [-0.39, 0.29) is 5.97 Å². The Labute approximate surface area is 101 Å². The van der Waals surface area contributed by atoms with Gasteiger partial charge in [-0.3, -0.25) is 0 Å². The number of rotatable bonds is 4. The molecule has 0 amide bonds. The number of halogens is 1.